The maximum Gasteiger partial charge on any atom is 0.323 e. The molecule has 1 aliphatic rings. The molecule has 0 aliphatic carbocycles. The maximum atomic E-state index is 13.6. The van der Waals surface area contributed by atoms with E-state index in [9.17, 15) is 4.79 Å². The van der Waals surface area contributed by atoms with Gasteiger partial charge in [0, 0.05) is 49.6 Å². The number of nitrogens with one attached hydrogen (secondary N) is 1. The van der Waals surface area contributed by atoms with Crippen molar-refractivity contribution in [2.75, 3.05) is 51.3 Å². The van der Waals surface area contributed by atoms with Crippen LogP contribution in [-0.2, 0) is 4.74 Å². The van der Waals surface area contributed by atoms with Gasteiger partial charge in [-0.15, -0.1) is 11.3 Å². The molecular formula is C32H33N5O2S. The fourth-order valence-electron chi connectivity index (χ4n) is 4.93. The van der Waals surface area contributed by atoms with Crippen molar-refractivity contribution in [3.05, 3.63) is 107 Å². The Balaban J connectivity index is 1.30. The van der Waals surface area contributed by atoms with Crippen LogP contribution in [0.15, 0.2) is 90.3 Å². The standard InChI is InChI=1S/C32H33N5O2S/c33-23-25-11-13-28(14-12-25)30-24-40-31(34-30)35-32(38)37(18-17-36-19-21-39-22-20-36)16-15-29(26-7-3-1-4-8-26)27-9-5-2-6-10-27/h1-14,24,29H,15-22H2,(H,34,35,38). The van der Waals surface area contributed by atoms with Gasteiger partial charge in [0.05, 0.1) is 30.5 Å². The van der Waals surface area contributed by atoms with Gasteiger partial charge in [-0.3, -0.25) is 10.2 Å². The molecule has 1 N–H and O–H groups in total. The molecule has 2 heterocycles. The van der Waals surface area contributed by atoms with Gasteiger partial charge in [0.1, 0.15) is 0 Å². The average Bonchev–Trinajstić information content (AvgIpc) is 3.48. The molecule has 1 fully saturated rings. The van der Waals surface area contributed by atoms with Gasteiger partial charge in [-0.25, -0.2) is 9.78 Å². The number of thiazole rings is 1. The molecule has 7 nitrogen and oxygen atoms in total. The zero-order valence-electron chi connectivity index (χ0n) is 22.4. The van der Waals surface area contributed by atoms with Crippen molar-refractivity contribution < 1.29 is 9.53 Å². The number of nitrogens with zero attached hydrogens (tertiary/aromatic N) is 4. The minimum absolute atomic E-state index is 0.145. The molecule has 2 amide bonds. The highest BCUT2D eigenvalue weighted by molar-refractivity contribution is 7.14. The van der Waals surface area contributed by atoms with Crippen LogP contribution < -0.4 is 5.32 Å². The lowest BCUT2D eigenvalue weighted by molar-refractivity contribution is 0.0351. The Bertz CT molecular complexity index is 1360. The number of urea groups is 1. The van der Waals surface area contributed by atoms with Gasteiger partial charge in [0.25, 0.3) is 0 Å². The Morgan fingerprint density at radius 2 is 1.62 bits per heavy atom. The van der Waals surface area contributed by atoms with E-state index in [-0.39, 0.29) is 11.9 Å². The number of rotatable bonds is 10. The van der Waals surface area contributed by atoms with E-state index < -0.39 is 0 Å². The van der Waals surface area contributed by atoms with E-state index in [4.69, 9.17) is 10.00 Å². The Kier molecular flexibility index (Phi) is 9.54. The summed E-state index contributed by atoms with van der Waals surface area (Å²) in [6.45, 7) is 5.25. The van der Waals surface area contributed by atoms with Gasteiger partial charge >= 0.3 is 6.03 Å². The summed E-state index contributed by atoms with van der Waals surface area (Å²) in [6, 6.07) is 30.3. The molecule has 1 aliphatic heterocycles. The van der Waals surface area contributed by atoms with Gasteiger partial charge in [-0.2, -0.15) is 5.26 Å². The largest absolute Gasteiger partial charge is 0.379 e. The number of anilines is 1. The van der Waals surface area contributed by atoms with Gasteiger partial charge < -0.3 is 9.64 Å². The second kappa shape index (κ2) is 13.9. The minimum Gasteiger partial charge on any atom is -0.379 e. The maximum absolute atomic E-state index is 13.6. The summed E-state index contributed by atoms with van der Waals surface area (Å²) in [6.07, 6.45) is 0.804. The lowest BCUT2D eigenvalue weighted by atomic mass is 9.88. The molecule has 40 heavy (non-hydrogen) atoms. The molecule has 1 aromatic heterocycles. The number of benzene rings is 3. The van der Waals surface area contributed by atoms with E-state index in [1.165, 1.54) is 22.5 Å². The predicted octanol–water partition coefficient (Wildman–Crippen LogP) is 6.07. The van der Waals surface area contributed by atoms with Crippen molar-refractivity contribution in [1.29, 1.82) is 5.26 Å². The quantitative estimate of drug-likeness (QED) is 0.259. The summed E-state index contributed by atoms with van der Waals surface area (Å²) in [5.41, 5.74) is 4.78. The third-order valence-corrected chi connectivity index (χ3v) is 7.95. The number of aromatic nitrogens is 1. The molecule has 0 atom stereocenters. The summed E-state index contributed by atoms with van der Waals surface area (Å²) in [5.74, 6) is 0.184. The van der Waals surface area contributed by atoms with Crippen LogP contribution in [0, 0.1) is 11.3 Å². The monoisotopic (exact) mass is 551 g/mol. The molecule has 5 rings (SSSR count). The van der Waals surface area contributed by atoms with E-state index in [1.54, 1.807) is 12.1 Å². The van der Waals surface area contributed by atoms with Crippen LogP contribution in [0.2, 0.25) is 0 Å². The van der Waals surface area contributed by atoms with Crippen molar-refractivity contribution in [1.82, 2.24) is 14.8 Å². The smallest absolute Gasteiger partial charge is 0.323 e. The summed E-state index contributed by atoms with van der Waals surface area (Å²) >= 11 is 1.40. The molecule has 204 valence electrons. The van der Waals surface area contributed by atoms with Crippen molar-refractivity contribution in [3.63, 3.8) is 0 Å². The highest BCUT2D eigenvalue weighted by Gasteiger charge is 2.21. The summed E-state index contributed by atoms with van der Waals surface area (Å²) < 4.78 is 5.50. The summed E-state index contributed by atoms with van der Waals surface area (Å²) in [5, 5.41) is 14.6. The van der Waals surface area contributed by atoms with Crippen molar-refractivity contribution in [2.24, 2.45) is 0 Å². The lowest BCUT2D eigenvalue weighted by Crippen LogP contribution is -2.44. The molecule has 1 saturated heterocycles. The molecule has 3 aromatic carbocycles. The third-order valence-electron chi connectivity index (χ3n) is 7.20. The predicted molar refractivity (Wildman–Crippen MR) is 159 cm³/mol. The first-order valence-corrected chi connectivity index (χ1v) is 14.5. The Morgan fingerprint density at radius 1 is 0.975 bits per heavy atom. The van der Waals surface area contributed by atoms with Crippen LogP contribution in [0.1, 0.15) is 29.0 Å². The fourth-order valence-corrected chi connectivity index (χ4v) is 5.64. The fraction of sp³-hybridized carbons (Fsp3) is 0.281. The topological polar surface area (TPSA) is 81.5 Å². The van der Waals surface area contributed by atoms with Crippen molar-refractivity contribution >= 4 is 22.5 Å². The molecule has 4 aromatic rings. The molecular weight excluding hydrogens is 518 g/mol. The number of ether oxygens (including phenoxy) is 1. The van der Waals surface area contributed by atoms with Crippen LogP contribution in [0.5, 0.6) is 0 Å². The Morgan fingerprint density at radius 3 is 2.25 bits per heavy atom. The van der Waals surface area contributed by atoms with Gasteiger partial charge in [0.2, 0.25) is 0 Å². The first-order valence-electron chi connectivity index (χ1n) is 13.6. The first kappa shape index (κ1) is 27.5. The molecule has 8 heteroatoms. The lowest BCUT2D eigenvalue weighted by Gasteiger charge is -2.31. The Labute approximate surface area is 239 Å². The number of hydrogen-bond donors (Lipinski definition) is 1. The van der Waals surface area contributed by atoms with Gasteiger partial charge in [-0.1, -0.05) is 72.8 Å². The van der Waals surface area contributed by atoms with E-state index in [2.05, 4.69) is 69.8 Å². The van der Waals surface area contributed by atoms with Gasteiger partial charge in [0.15, 0.2) is 5.13 Å². The van der Waals surface area contributed by atoms with E-state index >= 15 is 0 Å². The van der Waals surface area contributed by atoms with Crippen LogP contribution in [0.25, 0.3) is 11.3 Å². The average molecular weight is 552 g/mol. The van der Waals surface area contributed by atoms with E-state index in [0.29, 0.717) is 23.8 Å². The molecule has 0 saturated carbocycles. The highest BCUT2D eigenvalue weighted by atomic mass is 32.1. The number of morpholine rings is 1. The van der Waals surface area contributed by atoms with Gasteiger partial charge in [-0.05, 0) is 29.7 Å². The summed E-state index contributed by atoms with van der Waals surface area (Å²) in [7, 11) is 0. The second-order valence-corrected chi connectivity index (χ2v) is 10.6. The van der Waals surface area contributed by atoms with Crippen molar-refractivity contribution in [2.45, 2.75) is 12.3 Å². The van der Waals surface area contributed by atoms with Crippen LogP contribution in [-0.4, -0.2) is 66.8 Å². The van der Waals surface area contributed by atoms with E-state index in [0.717, 1.165) is 50.5 Å². The van der Waals surface area contributed by atoms with Crippen LogP contribution >= 0.6 is 11.3 Å². The number of nitriles is 1. The van der Waals surface area contributed by atoms with E-state index in [1.807, 2.05) is 34.5 Å². The van der Waals surface area contributed by atoms with Crippen LogP contribution in [0.4, 0.5) is 9.93 Å². The normalized spacial score (nSPS) is 13.6. The number of carbonyl (C=O) groups is 1. The SMILES string of the molecule is N#Cc1ccc(-c2csc(NC(=O)N(CCC(c3ccccc3)c3ccccc3)CCN3CCOCC3)n2)cc1. The molecule has 0 radical (unpaired) electrons. The second-order valence-electron chi connectivity index (χ2n) is 9.76. The summed E-state index contributed by atoms with van der Waals surface area (Å²) in [4.78, 5) is 22.5. The zero-order valence-corrected chi connectivity index (χ0v) is 23.2. The van der Waals surface area contributed by atoms with Crippen LogP contribution in [0.3, 0.4) is 0 Å². The first-order chi connectivity index (χ1) is 19.7. The number of amides is 2. The highest BCUT2D eigenvalue weighted by Crippen LogP contribution is 2.29. The number of hydrogen-bond acceptors (Lipinski definition) is 6. The number of carbonyl (C=O) groups excluding carboxylic acids is 1. The zero-order chi connectivity index (χ0) is 27.6. The molecule has 0 unspecified atom stereocenters. The minimum atomic E-state index is -0.145. The molecule has 0 bridgehead atoms. The molecule has 0 spiro atoms. The third kappa shape index (κ3) is 7.33. The van der Waals surface area contributed by atoms with Crippen molar-refractivity contribution in [3.8, 4) is 17.3 Å². The Hall–Kier alpha value is -4.03.